The molecule has 3 atom stereocenters. The van der Waals surface area contributed by atoms with Crippen molar-refractivity contribution in [3.05, 3.63) is 0 Å². The van der Waals surface area contributed by atoms with E-state index in [0.717, 1.165) is 17.3 Å². The normalized spacial score (nSPS) is 33.2. The van der Waals surface area contributed by atoms with Crippen LogP contribution >= 0.6 is 22.6 Å². The maximum Gasteiger partial charge on any atom is 0.143 e. The highest BCUT2D eigenvalue weighted by Gasteiger charge is 2.50. The Kier molecular flexibility index (Phi) is 5.01. The Labute approximate surface area is 124 Å². The third-order valence-corrected chi connectivity index (χ3v) is 5.83. The van der Waals surface area contributed by atoms with E-state index in [2.05, 4.69) is 50.3 Å². The SMILES string of the molecule is CC(=O)C[C@@H](C)[C@]1(C)CCC(C)(C)C(CI)C1=O. The predicted molar refractivity (Wildman–Crippen MR) is 83.0 cm³/mol. The van der Waals surface area contributed by atoms with Crippen molar-refractivity contribution in [2.24, 2.45) is 22.7 Å². The van der Waals surface area contributed by atoms with Crippen LogP contribution in [0.5, 0.6) is 0 Å². The summed E-state index contributed by atoms with van der Waals surface area (Å²) in [5.41, 5.74) is -0.204. The monoisotopic (exact) mass is 364 g/mol. The quantitative estimate of drug-likeness (QED) is 0.557. The van der Waals surface area contributed by atoms with Gasteiger partial charge in [0.05, 0.1) is 0 Å². The highest BCUT2D eigenvalue weighted by Crippen LogP contribution is 2.50. The van der Waals surface area contributed by atoms with Crippen LogP contribution in [0.1, 0.15) is 53.9 Å². The van der Waals surface area contributed by atoms with Crippen LogP contribution in [-0.2, 0) is 9.59 Å². The molecule has 1 saturated carbocycles. The van der Waals surface area contributed by atoms with E-state index in [0.29, 0.717) is 12.2 Å². The number of Topliss-reactive ketones (excluding diaryl/α,β-unsaturated/α-hetero) is 2. The molecular weight excluding hydrogens is 339 g/mol. The number of halogens is 1. The van der Waals surface area contributed by atoms with Crippen LogP contribution in [0.4, 0.5) is 0 Å². The molecule has 0 radical (unpaired) electrons. The molecule has 1 aliphatic rings. The van der Waals surface area contributed by atoms with Gasteiger partial charge in [-0.3, -0.25) is 4.79 Å². The Morgan fingerprint density at radius 2 is 1.94 bits per heavy atom. The summed E-state index contributed by atoms with van der Waals surface area (Å²) >= 11 is 2.32. The van der Waals surface area contributed by atoms with E-state index in [4.69, 9.17) is 0 Å². The Hall–Kier alpha value is 0.0700. The van der Waals surface area contributed by atoms with Gasteiger partial charge in [-0.1, -0.05) is 50.3 Å². The number of ketones is 2. The predicted octanol–water partition coefficient (Wildman–Crippen LogP) is 4.05. The van der Waals surface area contributed by atoms with E-state index in [-0.39, 0.29) is 28.4 Å². The van der Waals surface area contributed by atoms with Gasteiger partial charge in [-0.05, 0) is 31.1 Å². The molecule has 1 fully saturated rings. The van der Waals surface area contributed by atoms with E-state index in [1.165, 1.54) is 0 Å². The number of carbonyl (C=O) groups is 2. The van der Waals surface area contributed by atoms with Gasteiger partial charge in [0.2, 0.25) is 0 Å². The summed E-state index contributed by atoms with van der Waals surface area (Å²) in [4.78, 5) is 24.1. The van der Waals surface area contributed by atoms with Crippen molar-refractivity contribution < 1.29 is 9.59 Å². The highest BCUT2D eigenvalue weighted by atomic mass is 127. The molecule has 2 nitrogen and oxygen atoms in total. The van der Waals surface area contributed by atoms with Crippen molar-refractivity contribution >= 4 is 34.2 Å². The van der Waals surface area contributed by atoms with Crippen molar-refractivity contribution in [2.75, 3.05) is 4.43 Å². The summed E-state index contributed by atoms with van der Waals surface area (Å²) < 4.78 is 0.881. The van der Waals surface area contributed by atoms with Crippen molar-refractivity contribution in [3.8, 4) is 0 Å². The Bertz CT molecular complexity index is 348. The highest BCUT2D eigenvalue weighted by molar-refractivity contribution is 14.1. The van der Waals surface area contributed by atoms with Gasteiger partial charge in [-0.15, -0.1) is 0 Å². The van der Waals surface area contributed by atoms with E-state index in [9.17, 15) is 9.59 Å². The molecule has 0 amide bonds. The van der Waals surface area contributed by atoms with Crippen LogP contribution in [-0.4, -0.2) is 16.0 Å². The van der Waals surface area contributed by atoms with Gasteiger partial charge < -0.3 is 4.79 Å². The summed E-state index contributed by atoms with van der Waals surface area (Å²) in [5.74, 6) is 0.851. The van der Waals surface area contributed by atoms with Gasteiger partial charge in [0.1, 0.15) is 11.6 Å². The maximum absolute atomic E-state index is 12.8. The van der Waals surface area contributed by atoms with Gasteiger partial charge in [-0.25, -0.2) is 0 Å². The van der Waals surface area contributed by atoms with Crippen molar-refractivity contribution in [1.82, 2.24) is 0 Å². The molecule has 1 aliphatic carbocycles. The standard InChI is InChI=1S/C15H25IO2/c1-10(8-11(2)17)15(5)7-6-14(3,4)12(9-16)13(15)18/h10,12H,6-9H2,1-5H3/t10-,12?,15+/m1/s1. The average Bonchev–Trinajstić information content (AvgIpc) is 2.23. The van der Waals surface area contributed by atoms with E-state index in [1.807, 2.05) is 0 Å². The van der Waals surface area contributed by atoms with Crippen LogP contribution in [0, 0.1) is 22.7 Å². The fourth-order valence-electron chi connectivity index (χ4n) is 3.06. The fraction of sp³-hybridized carbons (Fsp3) is 0.867. The molecule has 0 aromatic heterocycles. The molecule has 0 N–H and O–H groups in total. The Morgan fingerprint density at radius 3 is 2.39 bits per heavy atom. The molecule has 1 rings (SSSR count). The molecule has 18 heavy (non-hydrogen) atoms. The third-order valence-electron chi connectivity index (χ3n) is 4.95. The molecule has 0 spiro atoms. The number of hydrogen-bond donors (Lipinski definition) is 0. The zero-order chi connectivity index (χ0) is 14.1. The molecular formula is C15H25IO2. The van der Waals surface area contributed by atoms with Gasteiger partial charge in [0.25, 0.3) is 0 Å². The number of rotatable bonds is 4. The fourth-order valence-corrected chi connectivity index (χ4v) is 4.65. The summed E-state index contributed by atoms with van der Waals surface area (Å²) in [6.45, 7) is 10.1. The van der Waals surface area contributed by atoms with Crippen LogP contribution in [0.15, 0.2) is 0 Å². The zero-order valence-electron chi connectivity index (χ0n) is 12.2. The molecule has 0 aromatic carbocycles. The lowest BCUT2D eigenvalue weighted by atomic mass is 9.55. The van der Waals surface area contributed by atoms with Gasteiger partial charge in [-0.2, -0.15) is 0 Å². The second-order valence-corrected chi connectivity index (χ2v) is 7.67. The lowest BCUT2D eigenvalue weighted by Crippen LogP contribution is -2.50. The molecule has 0 saturated heterocycles. The van der Waals surface area contributed by atoms with Gasteiger partial charge >= 0.3 is 0 Å². The minimum atomic E-state index is -0.309. The van der Waals surface area contributed by atoms with Gasteiger partial charge in [0.15, 0.2) is 0 Å². The molecule has 1 unspecified atom stereocenters. The van der Waals surface area contributed by atoms with Gasteiger partial charge in [0, 0.05) is 22.2 Å². The maximum atomic E-state index is 12.8. The third kappa shape index (κ3) is 2.97. The number of hydrogen-bond acceptors (Lipinski definition) is 2. The van der Waals surface area contributed by atoms with Crippen molar-refractivity contribution in [3.63, 3.8) is 0 Å². The van der Waals surface area contributed by atoms with Crippen LogP contribution < -0.4 is 0 Å². The van der Waals surface area contributed by atoms with E-state index < -0.39 is 0 Å². The Balaban J connectivity index is 2.97. The lowest BCUT2D eigenvalue weighted by molar-refractivity contribution is -0.144. The minimum Gasteiger partial charge on any atom is -0.300 e. The second kappa shape index (κ2) is 5.59. The smallest absolute Gasteiger partial charge is 0.143 e. The largest absolute Gasteiger partial charge is 0.300 e. The first-order chi connectivity index (χ1) is 8.15. The summed E-state index contributed by atoms with van der Waals surface area (Å²) in [6.07, 6.45) is 2.52. The van der Waals surface area contributed by atoms with Crippen molar-refractivity contribution in [2.45, 2.75) is 53.9 Å². The number of alkyl halides is 1. The summed E-state index contributed by atoms with van der Waals surface area (Å²) in [5, 5.41) is 0. The summed E-state index contributed by atoms with van der Waals surface area (Å²) in [7, 11) is 0. The Morgan fingerprint density at radius 1 is 1.39 bits per heavy atom. The topological polar surface area (TPSA) is 34.1 Å². The average molecular weight is 364 g/mol. The van der Waals surface area contributed by atoms with Crippen LogP contribution in [0.2, 0.25) is 0 Å². The zero-order valence-corrected chi connectivity index (χ0v) is 14.3. The van der Waals surface area contributed by atoms with Crippen molar-refractivity contribution in [1.29, 1.82) is 0 Å². The molecule has 0 aromatic rings. The lowest BCUT2D eigenvalue weighted by Gasteiger charge is -2.48. The minimum absolute atomic E-state index is 0.105. The first kappa shape index (κ1) is 16.1. The molecule has 3 heteroatoms. The second-order valence-electron chi connectivity index (χ2n) is 6.78. The molecule has 0 aliphatic heterocycles. The molecule has 104 valence electrons. The van der Waals surface area contributed by atoms with Crippen LogP contribution in [0.3, 0.4) is 0 Å². The molecule has 0 heterocycles. The molecule has 0 bridgehead atoms. The first-order valence-corrected chi connectivity index (χ1v) is 8.27. The van der Waals surface area contributed by atoms with Crippen LogP contribution in [0.25, 0.3) is 0 Å². The first-order valence-electron chi connectivity index (χ1n) is 6.75. The number of carbonyl (C=O) groups excluding carboxylic acids is 2. The van der Waals surface area contributed by atoms with E-state index in [1.54, 1.807) is 6.92 Å². The van der Waals surface area contributed by atoms with E-state index >= 15 is 0 Å². The summed E-state index contributed by atoms with van der Waals surface area (Å²) in [6, 6.07) is 0.